The van der Waals surface area contributed by atoms with E-state index in [2.05, 4.69) is 10.3 Å². The summed E-state index contributed by atoms with van der Waals surface area (Å²) in [6.07, 6.45) is 5.67. The number of rotatable bonds is 3. The topological polar surface area (TPSA) is 61.7 Å². The highest BCUT2D eigenvalue weighted by Crippen LogP contribution is 2.31. The predicted octanol–water partition coefficient (Wildman–Crippen LogP) is 1.27. The van der Waals surface area contributed by atoms with Gasteiger partial charge in [-0.3, -0.25) is 9.79 Å². The molecular formula is C11H18N2O2. The standard InChI is InChI=1S/C11H18N2O2/c14-11(15)9(10-12-6-7-13-10)8-4-2-1-3-5-8/h8-9H,1-7H2,(H,12,13)(H,14,15). The first-order chi connectivity index (χ1) is 7.29. The van der Waals surface area contributed by atoms with E-state index in [9.17, 15) is 9.90 Å². The van der Waals surface area contributed by atoms with Gasteiger partial charge in [0.25, 0.3) is 0 Å². The second kappa shape index (κ2) is 4.64. The monoisotopic (exact) mass is 210 g/mol. The molecule has 0 amide bonds. The Morgan fingerprint density at radius 1 is 1.40 bits per heavy atom. The molecule has 2 rings (SSSR count). The van der Waals surface area contributed by atoms with Crippen molar-refractivity contribution in [2.24, 2.45) is 16.8 Å². The zero-order valence-electron chi connectivity index (χ0n) is 8.91. The Kier molecular flexibility index (Phi) is 3.23. The van der Waals surface area contributed by atoms with E-state index < -0.39 is 5.97 Å². The molecule has 1 aliphatic carbocycles. The van der Waals surface area contributed by atoms with Gasteiger partial charge in [0.1, 0.15) is 11.8 Å². The van der Waals surface area contributed by atoms with Crippen molar-refractivity contribution in [2.45, 2.75) is 32.1 Å². The maximum atomic E-state index is 11.3. The molecule has 1 heterocycles. The predicted molar refractivity (Wildman–Crippen MR) is 58.0 cm³/mol. The van der Waals surface area contributed by atoms with E-state index in [0.717, 1.165) is 31.8 Å². The number of aliphatic imine (C=N–C) groups is 1. The lowest BCUT2D eigenvalue weighted by molar-refractivity contribution is -0.141. The molecule has 1 atom stereocenters. The van der Waals surface area contributed by atoms with Gasteiger partial charge >= 0.3 is 5.97 Å². The lowest BCUT2D eigenvalue weighted by Crippen LogP contribution is -2.38. The zero-order chi connectivity index (χ0) is 10.7. The van der Waals surface area contributed by atoms with Gasteiger partial charge in [0.05, 0.1) is 6.54 Å². The van der Waals surface area contributed by atoms with Gasteiger partial charge in [-0.15, -0.1) is 0 Å². The molecule has 4 heteroatoms. The quantitative estimate of drug-likeness (QED) is 0.737. The third-order valence-corrected chi connectivity index (χ3v) is 3.38. The highest BCUT2D eigenvalue weighted by atomic mass is 16.4. The van der Waals surface area contributed by atoms with Gasteiger partial charge < -0.3 is 10.4 Å². The van der Waals surface area contributed by atoms with Crippen molar-refractivity contribution in [2.75, 3.05) is 13.1 Å². The Morgan fingerprint density at radius 2 is 2.13 bits per heavy atom. The number of hydrogen-bond acceptors (Lipinski definition) is 3. The van der Waals surface area contributed by atoms with Crippen LogP contribution in [0.15, 0.2) is 4.99 Å². The van der Waals surface area contributed by atoms with Crippen LogP contribution in [-0.2, 0) is 4.79 Å². The van der Waals surface area contributed by atoms with E-state index in [1.165, 1.54) is 19.3 Å². The van der Waals surface area contributed by atoms with Gasteiger partial charge in [-0.2, -0.15) is 0 Å². The van der Waals surface area contributed by atoms with Crippen LogP contribution in [0.3, 0.4) is 0 Å². The molecule has 0 aromatic rings. The highest BCUT2D eigenvalue weighted by molar-refractivity contribution is 6.01. The van der Waals surface area contributed by atoms with E-state index in [-0.39, 0.29) is 5.92 Å². The van der Waals surface area contributed by atoms with Crippen molar-refractivity contribution in [3.63, 3.8) is 0 Å². The van der Waals surface area contributed by atoms with Crippen LogP contribution < -0.4 is 5.32 Å². The molecule has 84 valence electrons. The van der Waals surface area contributed by atoms with Crippen LogP contribution in [0.25, 0.3) is 0 Å². The molecule has 1 aliphatic heterocycles. The van der Waals surface area contributed by atoms with E-state index in [1.54, 1.807) is 0 Å². The highest BCUT2D eigenvalue weighted by Gasteiger charge is 2.34. The number of carbonyl (C=O) groups is 1. The number of nitrogens with zero attached hydrogens (tertiary/aromatic N) is 1. The van der Waals surface area contributed by atoms with Gasteiger partial charge in [0, 0.05) is 6.54 Å². The number of aliphatic carboxylic acids is 1. The average Bonchev–Trinajstić information content (AvgIpc) is 2.72. The van der Waals surface area contributed by atoms with Crippen LogP contribution in [-0.4, -0.2) is 30.0 Å². The number of amidine groups is 1. The summed E-state index contributed by atoms with van der Waals surface area (Å²) in [5, 5.41) is 12.4. The van der Waals surface area contributed by atoms with Crippen molar-refractivity contribution in [1.29, 1.82) is 0 Å². The van der Waals surface area contributed by atoms with E-state index in [1.807, 2.05) is 0 Å². The maximum Gasteiger partial charge on any atom is 0.314 e. The average molecular weight is 210 g/mol. The minimum Gasteiger partial charge on any atom is -0.481 e. The Morgan fingerprint density at radius 3 is 2.67 bits per heavy atom. The van der Waals surface area contributed by atoms with Crippen LogP contribution in [0.2, 0.25) is 0 Å². The molecule has 2 N–H and O–H groups in total. The van der Waals surface area contributed by atoms with E-state index in [4.69, 9.17) is 0 Å². The molecule has 0 bridgehead atoms. The number of nitrogens with one attached hydrogen (secondary N) is 1. The fourth-order valence-electron chi connectivity index (χ4n) is 2.63. The van der Waals surface area contributed by atoms with Crippen molar-refractivity contribution in [3.8, 4) is 0 Å². The van der Waals surface area contributed by atoms with Crippen LogP contribution in [0.4, 0.5) is 0 Å². The summed E-state index contributed by atoms with van der Waals surface area (Å²) in [6, 6.07) is 0. The van der Waals surface area contributed by atoms with Crippen molar-refractivity contribution < 1.29 is 9.90 Å². The summed E-state index contributed by atoms with van der Waals surface area (Å²) in [6.45, 7) is 1.53. The first-order valence-corrected chi connectivity index (χ1v) is 5.80. The number of hydrogen-bond donors (Lipinski definition) is 2. The largest absolute Gasteiger partial charge is 0.481 e. The first-order valence-electron chi connectivity index (χ1n) is 5.80. The van der Waals surface area contributed by atoms with Crippen LogP contribution in [0.1, 0.15) is 32.1 Å². The van der Waals surface area contributed by atoms with Gasteiger partial charge in [-0.25, -0.2) is 0 Å². The molecule has 1 fully saturated rings. The second-order valence-corrected chi connectivity index (χ2v) is 4.41. The van der Waals surface area contributed by atoms with E-state index in [0.29, 0.717) is 5.92 Å². The van der Waals surface area contributed by atoms with Crippen molar-refractivity contribution in [1.82, 2.24) is 5.32 Å². The summed E-state index contributed by atoms with van der Waals surface area (Å²) in [5.41, 5.74) is 0. The molecule has 1 saturated carbocycles. The molecule has 0 spiro atoms. The van der Waals surface area contributed by atoms with E-state index >= 15 is 0 Å². The summed E-state index contributed by atoms with van der Waals surface area (Å²) in [4.78, 5) is 15.5. The van der Waals surface area contributed by atoms with Crippen LogP contribution >= 0.6 is 0 Å². The zero-order valence-corrected chi connectivity index (χ0v) is 8.91. The fourth-order valence-corrected chi connectivity index (χ4v) is 2.63. The molecule has 0 saturated heterocycles. The summed E-state index contributed by atoms with van der Waals surface area (Å²) >= 11 is 0. The Labute approximate surface area is 89.8 Å². The second-order valence-electron chi connectivity index (χ2n) is 4.41. The van der Waals surface area contributed by atoms with Gasteiger partial charge in [-0.05, 0) is 18.8 Å². The lowest BCUT2D eigenvalue weighted by Gasteiger charge is -2.27. The van der Waals surface area contributed by atoms with Gasteiger partial charge in [0.2, 0.25) is 0 Å². The minimum absolute atomic E-state index is 0.292. The summed E-state index contributed by atoms with van der Waals surface area (Å²) in [5.74, 6) is -0.0853. The SMILES string of the molecule is O=C(O)C(C1=NCCN1)C1CCCCC1. The van der Waals surface area contributed by atoms with Gasteiger partial charge in [-0.1, -0.05) is 19.3 Å². The van der Waals surface area contributed by atoms with Crippen molar-refractivity contribution in [3.05, 3.63) is 0 Å². The van der Waals surface area contributed by atoms with Crippen LogP contribution in [0.5, 0.6) is 0 Å². The van der Waals surface area contributed by atoms with Crippen molar-refractivity contribution >= 4 is 11.8 Å². The Hall–Kier alpha value is -1.06. The fraction of sp³-hybridized carbons (Fsp3) is 0.818. The minimum atomic E-state index is -0.713. The molecule has 4 nitrogen and oxygen atoms in total. The molecule has 1 unspecified atom stereocenters. The normalized spacial score (nSPS) is 24.4. The third-order valence-electron chi connectivity index (χ3n) is 3.38. The molecular weight excluding hydrogens is 192 g/mol. The summed E-state index contributed by atoms with van der Waals surface area (Å²) in [7, 11) is 0. The Balaban J connectivity index is 2.07. The van der Waals surface area contributed by atoms with Crippen LogP contribution in [0, 0.1) is 11.8 Å². The summed E-state index contributed by atoms with van der Waals surface area (Å²) < 4.78 is 0. The molecule has 0 aromatic heterocycles. The molecule has 0 aromatic carbocycles. The Bertz CT molecular complexity index is 270. The first kappa shape index (κ1) is 10.5. The number of carboxylic acid groups (broad SMARTS) is 1. The maximum absolute atomic E-state index is 11.3. The number of carboxylic acids is 1. The molecule has 2 aliphatic rings. The third kappa shape index (κ3) is 2.30. The molecule has 0 radical (unpaired) electrons. The molecule has 15 heavy (non-hydrogen) atoms. The smallest absolute Gasteiger partial charge is 0.314 e. The van der Waals surface area contributed by atoms with Gasteiger partial charge in [0.15, 0.2) is 0 Å². The lowest BCUT2D eigenvalue weighted by atomic mass is 9.79.